The zero-order valence-corrected chi connectivity index (χ0v) is 12.3. The quantitative estimate of drug-likeness (QED) is 0.919. The summed E-state index contributed by atoms with van der Waals surface area (Å²) >= 11 is 12.1. The number of aliphatic hydroxyl groups is 1. The molecule has 4 heteroatoms. The van der Waals surface area contributed by atoms with Gasteiger partial charge in [0.2, 0.25) is 0 Å². The number of benzene rings is 1. The Bertz CT molecular complexity index is 436. The molecule has 1 unspecified atom stereocenters. The van der Waals surface area contributed by atoms with Crippen LogP contribution in [0.25, 0.3) is 0 Å². The molecular formula is C14H19Cl2NO. The van der Waals surface area contributed by atoms with Gasteiger partial charge < -0.3 is 5.11 Å². The monoisotopic (exact) mass is 287 g/mol. The summed E-state index contributed by atoms with van der Waals surface area (Å²) in [6, 6.07) is 5.32. The third-order valence-corrected chi connectivity index (χ3v) is 3.93. The molecule has 2 rings (SSSR count). The Morgan fingerprint density at radius 2 is 2.11 bits per heavy atom. The highest BCUT2D eigenvalue weighted by Gasteiger charge is 2.38. The predicted molar refractivity (Wildman–Crippen MR) is 76.3 cm³/mol. The van der Waals surface area contributed by atoms with Gasteiger partial charge in [0.05, 0.1) is 0 Å². The van der Waals surface area contributed by atoms with Gasteiger partial charge in [-0.2, -0.15) is 0 Å². The van der Waals surface area contributed by atoms with Gasteiger partial charge in [-0.15, -0.1) is 0 Å². The third kappa shape index (κ3) is 3.00. The molecule has 18 heavy (non-hydrogen) atoms. The molecule has 1 aromatic rings. The molecule has 100 valence electrons. The predicted octanol–water partition coefficient (Wildman–Crippen LogP) is 3.54. The number of nitrogens with zero attached hydrogens (tertiary/aromatic N) is 1. The van der Waals surface area contributed by atoms with Gasteiger partial charge in [0.15, 0.2) is 0 Å². The van der Waals surface area contributed by atoms with Crippen molar-refractivity contribution in [2.24, 2.45) is 5.92 Å². The van der Waals surface area contributed by atoms with Crippen molar-refractivity contribution < 1.29 is 5.11 Å². The van der Waals surface area contributed by atoms with E-state index in [1.165, 1.54) is 0 Å². The van der Waals surface area contributed by atoms with Crippen molar-refractivity contribution in [1.29, 1.82) is 0 Å². The normalized spacial score (nSPS) is 25.0. The van der Waals surface area contributed by atoms with Crippen LogP contribution in [-0.2, 0) is 5.60 Å². The lowest BCUT2D eigenvalue weighted by molar-refractivity contribution is 0.0450. The summed E-state index contributed by atoms with van der Waals surface area (Å²) in [6.45, 7) is 6.94. The summed E-state index contributed by atoms with van der Waals surface area (Å²) in [5.74, 6) is 0.605. The molecule has 1 aliphatic rings. The Hall–Kier alpha value is -0.280. The van der Waals surface area contributed by atoms with Crippen molar-refractivity contribution >= 4 is 23.2 Å². The molecule has 1 N–H and O–H groups in total. The fourth-order valence-electron chi connectivity index (χ4n) is 2.63. The number of halogens is 2. The van der Waals surface area contributed by atoms with Crippen molar-refractivity contribution in [2.45, 2.75) is 25.9 Å². The summed E-state index contributed by atoms with van der Waals surface area (Å²) in [4.78, 5) is 2.29. The topological polar surface area (TPSA) is 23.5 Å². The molecular weight excluding hydrogens is 269 g/mol. The molecule has 1 aliphatic heterocycles. The van der Waals surface area contributed by atoms with Gasteiger partial charge in [0, 0.05) is 35.2 Å². The molecule has 0 radical (unpaired) electrons. The van der Waals surface area contributed by atoms with Crippen LogP contribution in [0.4, 0.5) is 0 Å². The first kappa shape index (κ1) is 14.1. The standard InChI is InChI=1S/C14H19Cl2NO/c1-10(2)8-17-6-5-14(18,9-17)12-4-3-11(15)7-13(12)16/h3-4,7,10,18H,5-6,8-9H2,1-2H3. The SMILES string of the molecule is CC(C)CN1CCC(O)(c2ccc(Cl)cc2Cl)C1. The van der Waals surface area contributed by atoms with Crippen molar-refractivity contribution in [2.75, 3.05) is 19.6 Å². The summed E-state index contributed by atoms with van der Waals surface area (Å²) in [5.41, 5.74) is -0.0452. The van der Waals surface area contributed by atoms with E-state index in [-0.39, 0.29) is 0 Å². The molecule has 0 saturated carbocycles. The van der Waals surface area contributed by atoms with Crippen LogP contribution in [0.5, 0.6) is 0 Å². The smallest absolute Gasteiger partial charge is 0.105 e. The minimum absolute atomic E-state index is 0.552. The highest BCUT2D eigenvalue weighted by Crippen LogP contribution is 2.37. The van der Waals surface area contributed by atoms with E-state index in [2.05, 4.69) is 18.7 Å². The maximum Gasteiger partial charge on any atom is 0.105 e. The minimum atomic E-state index is -0.837. The molecule has 2 nitrogen and oxygen atoms in total. The van der Waals surface area contributed by atoms with Crippen LogP contribution in [0.15, 0.2) is 18.2 Å². The zero-order chi connectivity index (χ0) is 13.3. The van der Waals surface area contributed by atoms with Gasteiger partial charge in [-0.05, 0) is 24.5 Å². The molecule has 1 aromatic carbocycles. The van der Waals surface area contributed by atoms with E-state index in [0.29, 0.717) is 22.5 Å². The summed E-state index contributed by atoms with van der Waals surface area (Å²) in [7, 11) is 0. The third-order valence-electron chi connectivity index (χ3n) is 3.38. The van der Waals surface area contributed by atoms with Gasteiger partial charge >= 0.3 is 0 Å². The van der Waals surface area contributed by atoms with E-state index in [1.54, 1.807) is 12.1 Å². The van der Waals surface area contributed by atoms with Crippen molar-refractivity contribution in [3.05, 3.63) is 33.8 Å². The lowest BCUT2D eigenvalue weighted by Crippen LogP contribution is -2.32. The average molecular weight is 288 g/mol. The number of hydrogen-bond acceptors (Lipinski definition) is 2. The summed E-state index contributed by atoms with van der Waals surface area (Å²) in [5, 5.41) is 11.9. The van der Waals surface area contributed by atoms with Crippen LogP contribution in [0.3, 0.4) is 0 Å². The number of hydrogen-bond donors (Lipinski definition) is 1. The second-order valence-electron chi connectivity index (χ2n) is 5.53. The second kappa shape index (κ2) is 5.38. The van der Waals surface area contributed by atoms with Crippen molar-refractivity contribution in [1.82, 2.24) is 4.90 Å². The van der Waals surface area contributed by atoms with Gasteiger partial charge in [0.1, 0.15) is 5.60 Å². The lowest BCUT2D eigenvalue weighted by Gasteiger charge is -2.25. The molecule has 1 fully saturated rings. The molecule has 0 bridgehead atoms. The van der Waals surface area contributed by atoms with Crippen LogP contribution >= 0.6 is 23.2 Å². The van der Waals surface area contributed by atoms with Crippen molar-refractivity contribution in [3.8, 4) is 0 Å². The van der Waals surface area contributed by atoms with E-state index < -0.39 is 5.60 Å². The first-order chi connectivity index (χ1) is 8.40. The van der Waals surface area contributed by atoms with Crippen LogP contribution < -0.4 is 0 Å². The Morgan fingerprint density at radius 3 is 2.72 bits per heavy atom. The van der Waals surface area contributed by atoms with E-state index in [9.17, 15) is 5.11 Å². The first-order valence-electron chi connectivity index (χ1n) is 6.31. The molecule has 0 aliphatic carbocycles. The molecule has 1 heterocycles. The largest absolute Gasteiger partial charge is 0.384 e. The Morgan fingerprint density at radius 1 is 1.39 bits per heavy atom. The molecule has 1 saturated heterocycles. The second-order valence-corrected chi connectivity index (χ2v) is 6.38. The van der Waals surface area contributed by atoms with Crippen LogP contribution in [0.2, 0.25) is 10.0 Å². The van der Waals surface area contributed by atoms with E-state index in [4.69, 9.17) is 23.2 Å². The van der Waals surface area contributed by atoms with E-state index in [0.717, 1.165) is 25.1 Å². The molecule has 0 spiro atoms. The summed E-state index contributed by atoms with van der Waals surface area (Å²) < 4.78 is 0. The van der Waals surface area contributed by atoms with E-state index in [1.807, 2.05) is 6.07 Å². The van der Waals surface area contributed by atoms with Gasteiger partial charge in [0.25, 0.3) is 0 Å². The lowest BCUT2D eigenvalue weighted by atomic mass is 9.93. The fraction of sp³-hybridized carbons (Fsp3) is 0.571. The maximum absolute atomic E-state index is 10.7. The van der Waals surface area contributed by atoms with Crippen LogP contribution in [0, 0.1) is 5.92 Å². The zero-order valence-electron chi connectivity index (χ0n) is 10.8. The van der Waals surface area contributed by atoms with Crippen LogP contribution in [0.1, 0.15) is 25.8 Å². The molecule has 0 aromatic heterocycles. The molecule has 1 atom stereocenters. The first-order valence-corrected chi connectivity index (χ1v) is 7.06. The molecule has 0 amide bonds. The number of rotatable bonds is 3. The Balaban J connectivity index is 2.17. The van der Waals surface area contributed by atoms with Gasteiger partial charge in [-0.25, -0.2) is 0 Å². The van der Waals surface area contributed by atoms with Crippen molar-refractivity contribution in [3.63, 3.8) is 0 Å². The average Bonchev–Trinajstić information content (AvgIpc) is 2.59. The van der Waals surface area contributed by atoms with Gasteiger partial charge in [-0.1, -0.05) is 43.1 Å². The fourth-order valence-corrected chi connectivity index (χ4v) is 3.21. The minimum Gasteiger partial charge on any atom is -0.384 e. The number of β-amino-alcohol motifs (C(OH)–C–C–N with tert-alkyl or cyclic N) is 1. The summed E-state index contributed by atoms with van der Waals surface area (Å²) in [6.07, 6.45) is 0.723. The van der Waals surface area contributed by atoms with Gasteiger partial charge in [-0.3, -0.25) is 4.90 Å². The Labute approximate surface area is 119 Å². The highest BCUT2D eigenvalue weighted by molar-refractivity contribution is 6.35. The number of likely N-dealkylation sites (tertiary alicyclic amines) is 1. The van der Waals surface area contributed by atoms with Crippen LogP contribution in [-0.4, -0.2) is 29.6 Å². The maximum atomic E-state index is 10.7. The Kier molecular flexibility index (Phi) is 4.22. The highest BCUT2D eigenvalue weighted by atomic mass is 35.5. The van der Waals surface area contributed by atoms with E-state index >= 15 is 0 Å².